The molecule has 12 heavy (non-hydrogen) atoms. The molecule has 0 saturated heterocycles. The minimum atomic E-state index is 0.701. The predicted octanol–water partition coefficient (Wildman–Crippen LogP) is 1.07. The monoisotopic (exact) mass is 226 g/mol. The summed E-state index contributed by atoms with van der Waals surface area (Å²) in [5.74, 6) is 0.933. The molecular formula is C8H9BrN3+. The molecule has 0 atom stereocenters. The average Bonchev–Trinajstić information content (AvgIpc) is 2.46. The maximum Gasteiger partial charge on any atom is 0.162 e. The third kappa shape index (κ3) is 1.23. The van der Waals surface area contributed by atoms with E-state index in [1.165, 1.54) is 0 Å². The van der Waals surface area contributed by atoms with Crippen LogP contribution in [0.5, 0.6) is 0 Å². The van der Waals surface area contributed by atoms with Gasteiger partial charge in [-0.05, 0) is 18.2 Å². The van der Waals surface area contributed by atoms with Crippen molar-refractivity contribution in [2.75, 3.05) is 0 Å². The van der Waals surface area contributed by atoms with Crippen LogP contribution >= 0.6 is 15.9 Å². The van der Waals surface area contributed by atoms with E-state index in [4.69, 9.17) is 0 Å². The van der Waals surface area contributed by atoms with E-state index in [9.17, 15) is 0 Å². The fourth-order valence-electron chi connectivity index (χ4n) is 1.15. The van der Waals surface area contributed by atoms with Gasteiger partial charge in [0, 0.05) is 4.47 Å². The quantitative estimate of drug-likeness (QED) is 0.752. The SMILES string of the molecule is [NH3+]Cc1nc2ccc(Br)cc2[nH]1. The van der Waals surface area contributed by atoms with Crippen LogP contribution in [0, 0.1) is 0 Å². The van der Waals surface area contributed by atoms with Crippen molar-refractivity contribution < 1.29 is 5.73 Å². The summed E-state index contributed by atoms with van der Waals surface area (Å²) >= 11 is 3.40. The van der Waals surface area contributed by atoms with Gasteiger partial charge in [0.25, 0.3) is 0 Å². The molecule has 0 unspecified atom stereocenters. The normalized spacial score (nSPS) is 10.8. The van der Waals surface area contributed by atoms with Crippen molar-refractivity contribution in [3.63, 3.8) is 0 Å². The first-order valence-corrected chi connectivity index (χ1v) is 4.52. The molecule has 4 heteroatoms. The molecule has 0 fully saturated rings. The molecule has 0 spiro atoms. The molecule has 1 aromatic heterocycles. The number of hydrogen-bond donors (Lipinski definition) is 2. The van der Waals surface area contributed by atoms with E-state index in [2.05, 4.69) is 31.6 Å². The molecule has 62 valence electrons. The van der Waals surface area contributed by atoms with Crippen molar-refractivity contribution in [3.8, 4) is 0 Å². The Kier molecular flexibility index (Phi) is 1.86. The summed E-state index contributed by atoms with van der Waals surface area (Å²) in [6.45, 7) is 0.701. The van der Waals surface area contributed by atoms with Gasteiger partial charge in [-0.25, -0.2) is 4.98 Å². The second-order valence-electron chi connectivity index (χ2n) is 2.59. The third-order valence-corrected chi connectivity index (χ3v) is 2.22. The molecule has 1 aromatic carbocycles. The summed E-state index contributed by atoms with van der Waals surface area (Å²) in [5.41, 5.74) is 5.82. The predicted molar refractivity (Wildman–Crippen MR) is 50.4 cm³/mol. The summed E-state index contributed by atoms with van der Waals surface area (Å²) in [6, 6.07) is 5.98. The maximum absolute atomic E-state index is 4.33. The molecule has 0 saturated carbocycles. The van der Waals surface area contributed by atoms with Crippen molar-refractivity contribution in [2.24, 2.45) is 0 Å². The highest BCUT2D eigenvalue weighted by Crippen LogP contribution is 2.17. The molecule has 0 bridgehead atoms. The standard InChI is InChI=1S/C8H8BrN3/c9-5-1-2-6-7(3-5)12-8(4-10)11-6/h1-3H,4,10H2,(H,11,12)/p+1. The molecule has 0 aliphatic rings. The third-order valence-electron chi connectivity index (χ3n) is 1.73. The van der Waals surface area contributed by atoms with Gasteiger partial charge in [0.1, 0.15) is 6.54 Å². The molecule has 0 aliphatic heterocycles. The van der Waals surface area contributed by atoms with Crippen LogP contribution in [0.3, 0.4) is 0 Å². The van der Waals surface area contributed by atoms with Gasteiger partial charge in [0.2, 0.25) is 0 Å². The molecule has 0 amide bonds. The van der Waals surface area contributed by atoms with Crippen LogP contribution in [0.1, 0.15) is 5.82 Å². The number of hydrogen-bond acceptors (Lipinski definition) is 1. The van der Waals surface area contributed by atoms with Crippen LogP contribution in [0.2, 0.25) is 0 Å². The zero-order valence-electron chi connectivity index (χ0n) is 6.47. The minimum Gasteiger partial charge on any atom is -0.351 e. The molecule has 3 nitrogen and oxygen atoms in total. The van der Waals surface area contributed by atoms with Crippen LogP contribution in [0.25, 0.3) is 11.0 Å². The Labute approximate surface area is 78.1 Å². The smallest absolute Gasteiger partial charge is 0.162 e. The number of imidazole rings is 1. The molecule has 1 heterocycles. The number of nitrogens with zero attached hydrogens (tertiary/aromatic N) is 1. The van der Waals surface area contributed by atoms with Crippen molar-refractivity contribution in [1.82, 2.24) is 9.97 Å². The van der Waals surface area contributed by atoms with Gasteiger partial charge in [-0.2, -0.15) is 0 Å². The lowest BCUT2D eigenvalue weighted by atomic mass is 10.3. The minimum absolute atomic E-state index is 0.701. The van der Waals surface area contributed by atoms with E-state index >= 15 is 0 Å². The lowest BCUT2D eigenvalue weighted by molar-refractivity contribution is -0.388. The van der Waals surface area contributed by atoms with Crippen LogP contribution in [-0.2, 0) is 6.54 Å². The number of aromatic nitrogens is 2. The zero-order valence-corrected chi connectivity index (χ0v) is 8.06. The Morgan fingerprint density at radius 1 is 1.50 bits per heavy atom. The number of benzene rings is 1. The fourth-order valence-corrected chi connectivity index (χ4v) is 1.51. The van der Waals surface area contributed by atoms with E-state index in [0.29, 0.717) is 6.54 Å². The molecule has 0 radical (unpaired) electrons. The first-order chi connectivity index (χ1) is 5.79. The number of rotatable bonds is 1. The summed E-state index contributed by atoms with van der Waals surface area (Å²) in [5, 5.41) is 0. The largest absolute Gasteiger partial charge is 0.351 e. The number of nitrogens with one attached hydrogen (secondary N) is 1. The zero-order chi connectivity index (χ0) is 8.55. The van der Waals surface area contributed by atoms with Crippen molar-refractivity contribution >= 4 is 27.0 Å². The highest BCUT2D eigenvalue weighted by molar-refractivity contribution is 9.10. The lowest BCUT2D eigenvalue weighted by Gasteiger charge is -1.87. The highest BCUT2D eigenvalue weighted by Gasteiger charge is 2.01. The van der Waals surface area contributed by atoms with Gasteiger partial charge in [-0.3, -0.25) is 0 Å². The topological polar surface area (TPSA) is 56.3 Å². The van der Waals surface area contributed by atoms with Crippen LogP contribution < -0.4 is 5.73 Å². The van der Waals surface area contributed by atoms with E-state index in [1.54, 1.807) is 0 Å². The van der Waals surface area contributed by atoms with Gasteiger partial charge in [0.05, 0.1) is 11.0 Å². The van der Waals surface area contributed by atoms with Crippen molar-refractivity contribution in [2.45, 2.75) is 6.54 Å². The highest BCUT2D eigenvalue weighted by atomic mass is 79.9. The van der Waals surface area contributed by atoms with Crippen molar-refractivity contribution in [1.29, 1.82) is 0 Å². The number of H-pyrrole nitrogens is 1. The summed E-state index contributed by atoms with van der Waals surface area (Å²) in [4.78, 5) is 7.52. The second kappa shape index (κ2) is 2.88. The van der Waals surface area contributed by atoms with E-state index in [-0.39, 0.29) is 0 Å². The van der Waals surface area contributed by atoms with Gasteiger partial charge < -0.3 is 10.7 Å². The first kappa shape index (κ1) is 7.76. The molecular weight excluding hydrogens is 218 g/mol. The summed E-state index contributed by atoms with van der Waals surface area (Å²) < 4.78 is 1.06. The first-order valence-electron chi connectivity index (χ1n) is 3.73. The molecule has 2 aromatic rings. The van der Waals surface area contributed by atoms with Crippen LogP contribution in [0.4, 0.5) is 0 Å². The Balaban J connectivity index is 2.67. The Bertz CT molecular complexity index is 408. The molecule has 4 N–H and O–H groups in total. The van der Waals surface area contributed by atoms with Gasteiger partial charge in [-0.15, -0.1) is 0 Å². The lowest BCUT2D eigenvalue weighted by Crippen LogP contribution is -2.47. The Hall–Kier alpha value is -0.870. The van der Waals surface area contributed by atoms with E-state index in [1.807, 2.05) is 18.2 Å². The Morgan fingerprint density at radius 3 is 3.08 bits per heavy atom. The van der Waals surface area contributed by atoms with Gasteiger partial charge >= 0.3 is 0 Å². The maximum atomic E-state index is 4.33. The number of halogens is 1. The average molecular weight is 227 g/mol. The van der Waals surface area contributed by atoms with Gasteiger partial charge in [0.15, 0.2) is 5.82 Å². The number of quaternary nitrogens is 1. The van der Waals surface area contributed by atoms with E-state index < -0.39 is 0 Å². The number of fused-ring (bicyclic) bond motifs is 1. The summed E-state index contributed by atoms with van der Waals surface area (Å²) in [6.07, 6.45) is 0. The van der Waals surface area contributed by atoms with Crippen LogP contribution in [-0.4, -0.2) is 9.97 Å². The van der Waals surface area contributed by atoms with Crippen LogP contribution in [0.15, 0.2) is 22.7 Å². The Morgan fingerprint density at radius 2 is 2.33 bits per heavy atom. The molecule has 2 rings (SSSR count). The second-order valence-corrected chi connectivity index (χ2v) is 3.51. The number of aromatic amines is 1. The molecule has 0 aliphatic carbocycles. The van der Waals surface area contributed by atoms with E-state index in [0.717, 1.165) is 21.3 Å². The van der Waals surface area contributed by atoms with Gasteiger partial charge in [-0.1, -0.05) is 15.9 Å². The fraction of sp³-hybridized carbons (Fsp3) is 0.125. The van der Waals surface area contributed by atoms with Crippen molar-refractivity contribution in [3.05, 3.63) is 28.5 Å². The summed E-state index contributed by atoms with van der Waals surface area (Å²) in [7, 11) is 0.